The van der Waals surface area contributed by atoms with Crippen LogP contribution in [0.1, 0.15) is 35.3 Å². The number of primary amides is 1. The molecule has 4 aromatic rings. The number of aromatic nitrogens is 3. The van der Waals surface area contributed by atoms with Crippen LogP contribution in [0.5, 0.6) is 11.5 Å². The molecule has 2 aromatic heterocycles. The fraction of sp³-hybridized carbons (Fsp3) is 0.231. The number of benzene rings is 2. The van der Waals surface area contributed by atoms with Crippen LogP contribution in [0.3, 0.4) is 0 Å². The molecule has 5 rings (SSSR count). The van der Waals surface area contributed by atoms with Gasteiger partial charge in [-0.3, -0.25) is 9.69 Å². The molecule has 1 unspecified atom stereocenters. The van der Waals surface area contributed by atoms with Crippen molar-refractivity contribution in [3.63, 3.8) is 0 Å². The number of nitrogens with zero attached hydrogens (tertiary/aromatic N) is 3. The molecule has 3 heterocycles. The van der Waals surface area contributed by atoms with Gasteiger partial charge in [0.1, 0.15) is 23.0 Å². The van der Waals surface area contributed by atoms with Crippen molar-refractivity contribution in [1.29, 1.82) is 0 Å². The number of carbonyl (C=O) groups excluding carboxylic acids is 1. The number of aromatic amines is 1. The van der Waals surface area contributed by atoms with Gasteiger partial charge in [0.15, 0.2) is 5.69 Å². The fourth-order valence-electron chi connectivity index (χ4n) is 4.42. The Balaban J connectivity index is 1.44. The lowest BCUT2D eigenvalue weighted by Gasteiger charge is -2.11. The van der Waals surface area contributed by atoms with Crippen LogP contribution in [0.25, 0.3) is 16.9 Å². The number of likely N-dealkylation sites (tertiary alicyclic amines) is 1. The van der Waals surface area contributed by atoms with E-state index >= 15 is 0 Å². The van der Waals surface area contributed by atoms with Crippen molar-refractivity contribution in [2.45, 2.75) is 19.3 Å². The first kappa shape index (κ1) is 21.7. The molecule has 7 nitrogen and oxygen atoms in total. The lowest BCUT2D eigenvalue weighted by molar-refractivity contribution is 0.0994. The Bertz CT molecular complexity index is 1390. The highest BCUT2D eigenvalue weighted by molar-refractivity contribution is 5.98. The summed E-state index contributed by atoms with van der Waals surface area (Å²) >= 11 is 0. The van der Waals surface area contributed by atoms with Gasteiger partial charge in [-0.1, -0.05) is 5.92 Å². The average Bonchev–Trinajstić information content (AvgIpc) is 3.54. The monoisotopic (exact) mass is 457 g/mol. The first-order valence-corrected chi connectivity index (χ1v) is 11.1. The van der Waals surface area contributed by atoms with E-state index in [0.29, 0.717) is 28.8 Å². The quantitative estimate of drug-likeness (QED) is 0.425. The van der Waals surface area contributed by atoms with Crippen LogP contribution in [0, 0.1) is 17.7 Å². The Hall–Kier alpha value is -4.09. The molecular weight excluding hydrogens is 433 g/mol. The molecule has 34 heavy (non-hydrogen) atoms. The van der Waals surface area contributed by atoms with Crippen LogP contribution in [-0.2, 0) is 0 Å². The Kier molecular flexibility index (Phi) is 5.78. The standard InChI is InChI=1S/C26H24FN5O2/c1-2-3-13-31-14-12-18(16-31)22-15-29-32-24(25(28)33)23(30-26(22)32)17-4-8-20(9-5-17)34-21-10-6-19(27)7-11-21/h4-11,15,18,30H,12-14,16H2,1H3,(H2,28,33). The molecule has 1 atom stereocenters. The summed E-state index contributed by atoms with van der Waals surface area (Å²) in [6.07, 6.45) is 2.82. The van der Waals surface area contributed by atoms with Crippen molar-refractivity contribution < 1.29 is 13.9 Å². The zero-order chi connectivity index (χ0) is 23.7. The summed E-state index contributed by atoms with van der Waals surface area (Å²) in [5.74, 6) is 6.61. The third-order valence-corrected chi connectivity index (χ3v) is 6.11. The van der Waals surface area contributed by atoms with Gasteiger partial charge in [-0.15, -0.1) is 5.92 Å². The van der Waals surface area contributed by atoms with E-state index in [1.165, 1.54) is 12.1 Å². The number of halogens is 1. The van der Waals surface area contributed by atoms with Crippen molar-refractivity contribution in [2.75, 3.05) is 19.6 Å². The van der Waals surface area contributed by atoms with Gasteiger partial charge in [-0.05, 0) is 68.4 Å². The maximum atomic E-state index is 13.1. The number of imidazole rings is 1. The molecule has 2 aromatic carbocycles. The van der Waals surface area contributed by atoms with Crippen molar-refractivity contribution in [1.82, 2.24) is 19.5 Å². The fourth-order valence-corrected chi connectivity index (χ4v) is 4.42. The molecule has 172 valence electrons. The zero-order valence-corrected chi connectivity index (χ0v) is 18.7. The molecule has 1 fully saturated rings. The number of ether oxygens (including phenoxy) is 1. The van der Waals surface area contributed by atoms with Gasteiger partial charge in [0, 0.05) is 23.6 Å². The van der Waals surface area contributed by atoms with E-state index in [-0.39, 0.29) is 5.82 Å². The number of hydrogen-bond acceptors (Lipinski definition) is 4. The molecule has 0 saturated carbocycles. The molecular formula is C26H24FN5O2. The topological polar surface area (TPSA) is 88.7 Å². The van der Waals surface area contributed by atoms with Crippen molar-refractivity contribution in [2.24, 2.45) is 5.73 Å². The lowest BCUT2D eigenvalue weighted by atomic mass is 10.0. The largest absolute Gasteiger partial charge is 0.457 e. The third kappa shape index (κ3) is 4.14. The Labute approximate surface area is 196 Å². The predicted molar refractivity (Wildman–Crippen MR) is 127 cm³/mol. The molecule has 0 aliphatic carbocycles. The van der Waals surface area contributed by atoms with E-state index in [1.54, 1.807) is 28.8 Å². The Morgan fingerprint density at radius 3 is 2.59 bits per heavy atom. The molecule has 0 radical (unpaired) electrons. The summed E-state index contributed by atoms with van der Waals surface area (Å²) in [7, 11) is 0. The van der Waals surface area contributed by atoms with Crippen LogP contribution >= 0.6 is 0 Å². The van der Waals surface area contributed by atoms with Crippen molar-refractivity contribution >= 4 is 11.6 Å². The van der Waals surface area contributed by atoms with Crippen molar-refractivity contribution in [3.05, 3.63) is 71.8 Å². The maximum absolute atomic E-state index is 13.1. The van der Waals surface area contributed by atoms with Gasteiger partial charge in [0.2, 0.25) is 0 Å². The molecule has 1 amide bonds. The highest BCUT2D eigenvalue weighted by Gasteiger charge is 2.29. The van der Waals surface area contributed by atoms with Crippen molar-refractivity contribution in [3.8, 4) is 34.6 Å². The molecule has 3 N–H and O–H groups in total. The number of nitrogens with one attached hydrogen (secondary N) is 1. The first-order chi connectivity index (χ1) is 16.5. The number of nitrogens with two attached hydrogens (primary N) is 1. The summed E-state index contributed by atoms with van der Waals surface area (Å²) in [5.41, 5.74) is 9.29. The summed E-state index contributed by atoms with van der Waals surface area (Å²) in [4.78, 5) is 18.1. The normalized spacial score (nSPS) is 15.9. The SMILES string of the molecule is CC#CCN1CCC(c2cnn3c(C(N)=O)c(-c4ccc(Oc5ccc(F)cc5)cc4)[nH]c23)C1. The highest BCUT2D eigenvalue weighted by Crippen LogP contribution is 2.33. The Morgan fingerprint density at radius 2 is 1.91 bits per heavy atom. The van der Waals surface area contributed by atoms with Gasteiger partial charge < -0.3 is 15.5 Å². The average molecular weight is 458 g/mol. The van der Waals surface area contributed by atoms with E-state index in [1.807, 2.05) is 25.3 Å². The molecule has 1 aliphatic rings. The number of fused-ring (bicyclic) bond motifs is 1. The minimum atomic E-state index is -0.561. The second-order valence-corrected chi connectivity index (χ2v) is 8.30. The van der Waals surface area contributed by atoms with E-state index in [0.717, 1.165) is 42.8 Å². The second kappa shape index (κ2) is 9.04. The van der Waals surface area contributed by atoms with Gasteiger partial charge >= 0.3 is 0 Å². The second-order valence-electron chi connectivity index (χ2n) is 8.30. The Morgan fingerprint density at radius 1 is 1.21 bits per heavy atom. The lowest BCUT2D eigenvalue weighted by Crippen LogP contribution is -2.20. The molecule has 0 bridgehead atoms. The zero-order valence-electron chi connectivity index (χ0n) is 18.7. The van der Waals surface area contributed by atoms with Gasteiger partial charge in [-0.25, -0.2) is 8.91 Å². The maximum Gasteiger partial charge on any atom is 0.269 e. The molecule has 1 saturated heterocycles. The number of rotatable bonds is 6. The molecule has 0 spiro atoms. The van der Waals surface area contributed by atoms with Gasteiger partial charge in [-0.2, -0.15) is 5.10 Å². The number of amides is 1. The molecule has 1 aliphatic heterocycles. The van der Waals surface area contributed by atoms with E-state index in [9.17, 15) is 9.18 Å². The summed E-state index contributed by atoms with van der Waals surface area (Å²) in [5, 5.41) is 4.48. The summed E-state index contributed by atoms with van der Waals surface area (Å²) in [6.45, 7) is 4.47. The predicted octanol–water partition coefficient (Wildman–Crippen LogP) is 4.17. The first-order valence-electron chi connectivity index (χ1n) is 11.1. The van der Waals surface area contributed by atoms with E-state index in [4.69, 9.17) is 10.5 Å². The smallest absolute Gasteiger partial charge is 0.269 e. The number of H-pyrrole nitrogens is 1. The summed E-state index contributed by atoms with van der Waals surface area (Å²) < 4.78 is 20.5. The van der Waals surface area contributed by atoms with Crippen LogP contribution in [0.2, 0.25) is 0 Å². The van der Waals surface area contributed by atoms with E-state index in [2.05, 4.69) is 26.8 Å². The minimum Gasteiger partial charge on any atom is -0.457 e. The van der Waals surface area contributed by atoms with Crippen LogP contribution in [0.4, 0.5) is 4.39 Å². The van der Waals surface area contributed by atoms with Crippen LogP contribution < -0.4 is 10.5 Å². The van der Waals surface area contributed by atoms with Gasteiger partial charge in [0.25, 0.3) is 5.91 Å². The van der Waals surface area contributed by atoms with Crippen LogP contribution in [-0.4, -0.2) is 45.0 Å². The molecule has 8 heteroatoms. The summed E-state index contributed by atoms with van der Waals surface area (Å²) in [6, 6.07) is 13.1. The number of carbonyl (C=O) groups is 1. The number of hydrogen-bond donors (Lipinski definition) is 2. The van der Waals surface area contributed by atoms with Gasteiger partial charge in [0.05, 0.1) is 18.4 Å². The van der Waals surface area contributed by atoms with Crippen LogP contribution in [0.15, 0.2) is 54.7 Å². The highest BCUT2D eigenvalue weighted by atomic mass is 19.1. The third-order valence-electron chi connectivity index (χ3n) is 6.11. The van der Waals surface area contributed by atoms with E-state index < -0.39 is 5.91 Å². The minimum absolute atomic E-state index is 0.301.